The minimum Gasteiger partial charge on any atom is -0.480 e. The Hall–Kier alpha value is -1.31. The van der Waals surface area contributed by atoms with E-state index in [2.05, 4.69) is 0 Å². The summed E-state index contributed by atoms with van der Waals surface area (Å²) in [6.45, 7) is 5.21. The lowest BCUT2D eigenvalue weighted by Crippen LogP contribution is -2.46. The fourth-order valence-electron chi connectivity index (χ4n) is 2.91. The van der Waals surface area contributed by atoms with Crippen molar-refractivity contribution in [2.45, 2.75) is 32.4 Å². The number of hydrogen-bond donors (Lipinski definition) is 1. The summed E-state index contributed by atoms with van der Waals surface area (Å²) < 4.78 is 28.4. The van der Waals surface area contributed by atoms with Crippen LogP contribution in [0.3, 0.4) is 0 Å². The molecule has 0 radical (unpaired) electrons. The number of carboxylic acid groups (broad SMARTS) is 1. The number of ether oxygens (including phenoxy) is 1. The van der Waals surface area contributed by atoms with Crippen molar-refractivity contribution in [1.82, 2.24) is 4.90 Å². The number of aliphatic carboxylic acids is 1. The third kappa shape index (κ3) is 2.89. The molecule has 114 valence electrons. The number of carboxylic acids is 1. The van der Waals surface area contributed by atoms with Gasteiger partial charge in [-0.2, -0.15) is 0 Å². The Morgan fingerprint density at radius 2 is 1.85 bits per heavy atom. The van der Waals surface area contributed by atoms with Crippen LogP contribution in [0, 0.1) is 11.8 Å². The van der Waals surface area contributed by atoms with E-state index in [1.165, 1.54) is 0 Å². The molecule has 1 N–H and O–H groups in total. The molecular formula is C12H19NO6S. The third-order valence-corrected chi connectivity index (χ3v) is 5.40. The highest BCUT2D eigenvalue weighted by atomic mass is 32.2. The SMILES string of the molecule is CC(C)(C)OC(=O)N1C[C@@H]2CS(=O)(=O)C[C@@H]2[C@H]1C(=O)O. The second kappa shape index (κ2) is 4.61. The molecule has 0 saturated carbocycles. The molecule has 3 atom stereocenters. The Balaban J connectivity index is 2.21. The predicted molar refractivity (Wildman–Crippen MR) is 70.0 cm³/mol. The number of rotatable bonds is 1. The van der Waals surface area contributed by atoms with Crippen LogP contribution < -0.4 is 0 Å². The van der Waals surface area contributed by atoms with E-state index in [9.17, 15) is 23.1 Å². The van der Waals surface area contributed by atoms with Crippen molar-refractivity contribution in [3.05, 3.63) is 0 Å². The normalized spacial score (nSPS) is 31.9. The second-order valence-corrected chi connectivity index (χ2v) is 8.57. The van der Waals surface area contributed by atoms with Crippen LogP contribution in [0.1, 0.15) is 20.8 Å². The van der Waals surface area contributed by atoms with E-state index in [-0.39, 0.29) is 24.0 Å². The van der Waals surface area contributed by atoms with Crippen LogP contribution in [0.15, 0.2) is 0 Å². The zero-order valence-corrected chi connectivity index (χ0v) is 12.5. The van der Waals surface area contributed by atoms with Gasteiger partial charge in [-0.1, -0.05) is 0 Å². The number of carbonyl (C=O) groups excluding carboxylic acids is 1. The van der Waals surface area contributed by atoms with Crippen LogP contribution in [0.25, 0.3) is 0 Å². The summed E-state index contributed by atoms with van der Waals surface area (Å²) in [5.41, 5.74) is -0.718. The van der Waals surface area contributed by atoms with Crippen molar-refractivity contribution in [3.8, 4) is 0 Å². The molecule has 0 aromatic carbocycles. The van der Waals surface area contributed by atoms with Crippen LogP contribution in [0.4, 0.5) is 4.79 Å². The van der Waals surface area contributed by atoms with Crippen molar-refractivity contribution in [3.63, 3.8) is 0 Å². The average molecular weight is 305 g/mol. The van der Waals surface area contributed by atoms with Gasteiger partial charge in [-0.25, -0.2) is 18.0 Å². The molecule has 0 aromatic heterocycles. The molecular weight excluding hydrogens is 286 g/mol. The Kier molecular flexibility index (Phi) is 3.48. The van der Waals surface area contributed by atoms with Gasteiger partial charge in [0.1, 0.15) is 11.6 Å². The molecule has 0 aromatic rings. The van der Waals surface area contributed by atoms with E-state index in [4.69, 9.17) is 4.74 Å². The highest BCUT2D eigenvalue weighted by Crippen LogP contribution is 2.38. The van der Waals surface area contributed by atoms with Crippen LogP contribution in [0.5, 0.6) is 0 Å². The molecule has 2 heterocycles. The van der Waals surface area contributed by atoms with Gasteiger partial charge < -0.3 is 9.84 Å². The van der Waals surface area contributed by atoms with Gasteiger partial charge in [-0.3, -0.25) is 4.90 Å². The van der Waals surface area contributed by atoms with Gasteiger partial charge in [0, 0.05) is 12.5 Å². The maximum absolute atomic E-state index is 12.1. The Labute approximate surface area is 117 Å². The maximum Gasteiger partial charge on any atom is 0.411 e. The molecule has 8 heteroatoms. The van der Waals surface area contributed by atoms with Gasteiger partial charge in [-0.15, -0.1) is 0 Å². The second-order valence-electron chi connectivity index (χ2n) is 6.42. The lowest BCUT2D eigenvalue weighted by molar-refractivity contribution is -0.143. The van der Waals surface area contributed by atoms with Crippen molar-refractivity contribution in [2.24, 2.45) is 11.8 Å². The summed E-state index contributed by atoms with van der Waals surface area (Å²) in [5, 5.41) is 9.30. The van der Waals surface area contributed by atoms with Crippen LogP contribution in [-0.4, -0.2) is 60.2 Å². The van der Waals surface area contributed by atoms with Gasteiger partial charge in [-0.05, 0) is 26.7 Å². The number of likely N-dealkylation sites (tertiary alicyclic amines) is 1. The van der Waals surface area contributed by atoms with Gasteiger partial charge in [0.05, 0.1) is 11.5 Å². The van der Waals surface area contributed by atoms with Gasteiger partial charge >= 0.3 is 12.1 Å². The standard InChI is InChI=1S/C12H19NO6S/c1-12(2,3)19-11(16)13-4-7-5-20(17,18)6-8(7)9(13)10(14)15/h7-9H,4-6H2,1-3H3,(H,14,15)/t7-,8+,9+/m1/s1. The molecule has 0 unspecified atom stereocenters. The largest absolute Gasteiger partial charge is 0.480 e. The average Bonchev–Trinajstić information content (AvgIpc) is 2.65. The topological polar surface area (TPSA) is 101 Å². The highest BCUT2D eigenvalue weighted by Gasteiger charge is 2.54. The number of nitrogens with zero attached hydrogens (tertiary/aromatic N) is 1. The van der Waals surface area contributed by atoms with E-state index >= 15 is 0 Å². The lowest BCUT2D eigenvalue weighted by Gasteiger charge is -2.28. The molecule has 20 heavy (non-hydrogen) atoms. The highest BCUT2D eigenvalue weighted by molar-refractivity contribution is 7.91. The molecule has 2 saturated heterocycles. The molecule has 1 amide bonds. The molecule has 2 rings (SSSR count). The lowest BCUT2D eigenvalue weighted by atomic mass is 9.94. The van der Waals surface area contributed by atoms with Gasteiger partial charge in [0.15, 0.2) is 9.84 Å². The van der Waals surface area contributed by atoms with Crippen molar-refractivity contribution in [2.75, 3.05) is 18.1 Å². The zero-order valence-electron chi connectivity index (χ0n) is 11.7. The Morgan fingerprint density at radius 3 is 2.35 bits per heavy atom. The molecule has 2 fully saturated rings. The summed E-state index contributed by atoms with van der Waals surface area (Å²) in [5.74, 6) is -2.26. The summed E-state index contributed by atoms with van der Waals surface area (Å²) in [4.78, 5) is 24.6. The molecule has 2 aliphatic rings. The molecule has 7 nitrogen and oxygen atoms in total. The Morgan fingerprint density at radius 1 is 1.25 bits per heavy atom. The third-order valence-electron chi connectivity index (χ3n) is 3.57. The quantitative estimate of drug-likeness (QED) is 0.750. The van der Waals surface area contributed by atoms with E-state index in [0.717, 1.165) is 4.90 Å². The summed E-state index contributed by atoms with van der Waals surface area (Å²) in [6.07, 6.45) is -0.698. The monoisotopic (exact) mass is 305 g/mol. The van der Waals surface area contributed by atoms with E-state index in [0.29, 0.717) is 0 Å². The summed E-state index contributed by atoms with van der Waals surface area (Å²) >= 11 is 0. The van der Waals surface area contributed by atoms with Crippen molar-refractivity contribution < 1.29 is 27.9 Å². The van der Waals surface area contributed by atoms with Gasteiger partial charge in [0.2, 0.25) is 0 Å². The first-order valence-electron chi connectivity index (χ1n) is 6.43. The van der Waals surface area contributed by atoms with E-state index < -0.39 is 39.5 Å². The fourth-order valence-corrected chi connectivity index (χ4v) is 5.09. The smallest absolute Gasteiger partial charge is 0.411 e. The molecule has 0 aliphatic carbocycles. The summed E-state index contributed by atoms with van der Waals surface area (Å²) in [7, 11) is -3.20. The first-order chi connectivity index (χ1) is 9.00. The van der Waals surface area contributed by atoms with Gasteiger partial charge in [0.25, 0.3) is 0 Å². The predicted octanol–water partition coefficient (Wildman–Crippen LogP) is 0.351. The molecule has 0 spiro atoms. The molecule has 2 aliphatic heterocycles. The fraction of sp³-hybridized carbons (Fsp3) is 0.833. The van der Waals surface area contributed by atoms with E-state index in [1.807, 2.05) is 0 Å². The zero-order chi connectivity index (χ0) is 15.3. The van der Waals surface area contributed by atoms with Crippen molar-refractivity contribution >= 4 is 21.9 Å². The van der Waals surface area contributed by atoms with Crippen LogP contribution >= 0.6 is 0 Å². The van der Waals surface area contributed by atoms with Crippen LogP contribution in [-0.2, 0) is 19.4 Å². The minimum absolute atomic E-state index is 0.0548. The first-order valence-corrected chi connectivity index (χ1v) is 8.25. The van der Waals surface area contributed by atoms with Crippen LogP contribution in [0.2, 0.25) is 0 Å². The number of sulfone groups is 1. The first kappa shape index (κ1) is 15.1. The summed E-state index contributed by atoms with van der Waals surface area (Å²) in [6, 6.07) is -1.12. The number of carbonyl (C=O) groups is 2. The van der Waals surface area contributed by atoms with Crippen molar-refractivity contribution in [1.29, 1.82) is 0 Å². The number of fused-ring (bicyclic) bond motifs is 1. The van der Waals surface area contributed by atoms with E-state index in [1.54, 1.807) is 20.8 Å². The Bertz CT molecular complexity index is 535. The maximum atomic E-state index is 12.1. The minimum atomic E-state index is -3.20. The number of amides is 1. The number of hydrogen-bond acceptors (Lipinski definition) is 5. The molecule has 0 bridgehead atoms.